The summed E-state index contributed by atoms with van der Waals surface area (Å²) in [7, 11) is 0. The molecule has 3 aromatic rings. The van der Waals surface area contributed by atoms with Gasteiger partial charge in [-0.25, -0.2) is 4.39 Å². The minimum Gasteiger partial charge on any atom is -0.332 e. The first-order valence-electron chi connectivity index (χ1n) is 11.1. The second-order valence-electron chi connectivity index (χ2n) is 8.85. The third-order valence-corrected chi connectivity index (χ3v) is 6.45. The van der Waals surface area contributed by atoms with Crippen molar-refractivity contribution in [1.82, 2.24) is 9.80 Å². The van der Waals surface area contributed by atoms with Gasteiger partial charge in [0, 0.05) is 23.5 Å². The first-order chi connectivity index (χ1) is 15.7. The lowest BCUT2D eigenvalue weighted by atomic mass is 10.1. The molecular weight excluding hydrogens is 435 g/mol. The van der Waals surface area contributed by atoms with Crippen LogP contribution in [-0.4, -0.2) is 34.7 Å². The molecule has 0 radical (unpaired) electrons. The largest absolute Gasteiger partial charge is 0.332 e. The van der Waals surface area contributed by atoms with Crippen molar-refractivity contribution in [3.8, 4) is 0 Å². The molecule has 0 saturated heterocycles. The van der Waals surface area contributed by atoms with E-state index in [4.69, 9.17) is 0 Å². The number of halogens is 1. The molecule has 0 saturated carbocycles. The summed E-state index contributed by atoms with van der Waals surface area (Å²) in [6, 6.07) is 15.7. The van der Waals surface area contributed by atoms with Crippen LogP contribution in [0.5, 0.6) is 0 Å². The zero-order valence-corrected chi connectivity index (χ0v) is 20.5. The average molecular weight is 467 g/mol. The van der Waals surface area contributed by atoms with Crippen molar-refractivity contribution in [2.24, 2.45) is 5.92 Å². The summed E-state index contributed by atoms with van der Waals surface area (Å²) in [6.45, 7) is 9.36. The highest BCUT2D eigenvalue weighted by atomic mass is 32.1. The van der Waals surface area contributed by atoms with E-state index in [1.165, 1.54) is 12.1 Å². The van der Waals surface area contributed by atoms with E-state index in [2.05, 4.69) is 0 Å². The maximum absolute atomic E-state index is 13.5. The average Bonchev–Trinajstić information content (AvgIpc) is 3.18. The van der Waals surface area contributed by atoms with Crippen LogP contribution in [0, 0.1) is 25.6 Å². The van der Waals surface area contributed by atoms with E-state index in [0.717, 1.165) is 21.6 Å². The second kappa shape index (κ2) is 11.2. The SMILES string of the molecule is Cc1ccc(C(=O)N(CC(=O)N(Cc2ccc(F)cc2)Cc2sccc2C)CC(C)C)cc1. The number of hydrogen-bond acceptors (Lipinski definition) is 3. The Morgan fingerprint density at radius 3 is 2.15 bits per heavy atom. The van der Waals surface area contributed by atoms with Gasteiger partial charge in [0.2, 0.25) is 5.91 Å². The summed E-state index contributed by atoms with van der Waals surface area (Å²) in [5.74, 6) is -0.367. The fourth-order valence-corrected chi connectivity index (χ4v) is 4.50. The molecule has 1 heterocycles. The summed E-state index contributed by atoms with van der Waals surface area (Å²) >= 11 is 1.61. The minimum absolute atomic E-state index is 0.00346. The third kappa shape index (κ3) is 6.99. The van der Waals surface area contributed by atoms with Gasteiger partial charge in [0.1, 0.15) is 12.4 Å². The van der Waals surface area contributed by atoms with Gasteiger partial charge in [-0.15, -0.1) is 11.3 Å². The molecule has 0 N–H and O–H groups in total. The van der Waals surface area contributed by atoms with E-state index in [-0.39, 0.29) is 30.1 Å². The normalized spacial score (nSPS) is 11.0. The van der Waals surface area contributed by atoms with Gasteiger partial charge >= 0.3 is 0 Å². The standard InChI is InChI=1S/C27H31FN2O2S/c1-19(2)15-30(27(32)23-9-5-20(3)6-10-23)18-26(31)29(17-25-21(4)13-14-33-25)16-22-7-11-24(28)12-8-22/h5-14,19H,15-18H2,1-4H3. The van der Waals surface area contributed by atoms with Crippen LogP contribution in [-0.2, 0) is 17.9 Å². The molecule has 4 nitrogen and oxygen atoms in total. The van der Waals surface area contributed by atoms with Gasteiger partial charge in [-0.05, 0) is 66.6 Å². The van der Waals surface area contributed by atoms with Gasteiger partial charge in [0.05, 0.1) is 6.54 Å². The van der Waals surface area contributed by atoms with Crippen LogP contribution in [0.1, 0.15) is 45.8 Å². The van der Waals surface area contributed by atoms with Gasteiger partial charge < -0.3 is 9.80 Å². The Morgan fingerprint density at radius 1 is 0.909 bits per heavy atom. The molecular formula is C27H31FN2O2S. The van der Waals surface area contributed by atoms with Gasteiger partial charge in [0.25, 0.3) is 5.91 Å². The lowest BCUT2D eigenvalue weighted by Gasteiger charge is -2.29. The molecule has 0 atom stereocenters. The number of carbonyl (C=O) groups excluding carboxylic acids is 2. The fraction of sp³-hybridized carbons (Fsp3) is 0.333. The van der Waals surface area contributed by atoms with Crippen molar-refractivity contribution in [3.05, 3.63) is 92.9 Å². The van der Waals surface area contributed by atoms with Crippen molar-refractivity contribution in [1.29, 1.82) is 0 Å². The van der Waals surface area contributed by atoms with E-state index in [1.54, 1.807) is 45.4 Å². The number of benzene rings is 2. The van der Waals surface area contributed by atoms with Crippen LogP contribution in [0.15, 0.2) is 60.0 Å². The minimum atomic E-state index is -0.308. The lowest BCUT2D eigenvalue weighted by molar-refractivity contribution is -0.133. The van der Waals surface area contributed by atoms with E-state index in [9.17, 15) is 14.0 Å². The van der Waals surface area contributed by atoms with E-state index in [0.29, 0.717) is 25.2 Å². The fourth-order valence-electron chi connectivity index (χ4n) is 3.58. The van der Waals surface area contributed by atoms with E-state index < -0.39 is 0 Å². The summed E-state index contributed by atoms with van der Waals surface area (Å²) in [4.78, 5) is 31.2. The first kappa shape index (κ1) is 24.6. The Hall–Kier alpha value is -2.99. The third-order valence-electron chi connectivity index (χ3n) is 5.44. The van der Waals surface area contributed by atoms with Gasteiger partial charge in [-0.2, -0.15) is 0 Å². The highest BCUT2D eigenvalue weighted by molar-refractivity contribution is 7.10. The van der Waals surface area contributed by atoms with Crippen molar-refractivity contribution < 1.29 is 14.0 Å². The van der Waals surface area contributed by atoms with Crippen LogP contribution in [0.3, 0.4) is 0 Å². The molecule has 2 amide bonds. The Morgan fingerprint density at radius 2 is 1.58 bits per heavy atom. The van der Waals surface area contributed by atoms with Crippen LogP contribution < -0.4 is 0 Å². The smallest absolute Gasteiger partial charge is 0.254 e. The Balaban J connectivity index is 1.83. The monoisotopic (exact) mass is 466 g/mol. The number of carbonyl (C=O) groups is 2. The van der Waals surface area contributed by atoms with E-state index in [1.807, 2.05) is 51.3 Å². The molecule has 0 bridgehead atoms. The van der Waals surface area contributed by atoms with Crippen LogP contribution >= 0.6 is 11.3 Å². The molecule has 0 unspecified atom stereocenters. The van der Waals surface area contributed by atoms with E-state index >= 15 is 0 Å². The highest BCUT2D eigenvalue weighted by Gasteiger charge is 2.24. The van der Waals surface area contributed by atoms with Crippen molar-refractivity contribution in [2.75, 3.05) is 13.1 Å². The van der Waals surface area contributed by atoms with Crippen LogP contribution in [0.2, 0.25) is 0 Å². The lowest BCUT2D eigenvalue weighted by Crippen LogP contribution is -2.43. The zero-order chi connectivity index (χ0) is 24.0. The molecule has 0 fully saturated rings. The molecule has 2 aromatic carbocycles. The Bertz CT molecular complexity index is 1070. The van der Waals surface area contributed by atoms with Crippen molar-refractivity contribution in [2.45, 2.75) is 40.8 Å². The number of aryl methyl sites for hydroxylation is 2. The maximum Gasteiger partial charge on any atom is 0.254 e. The van der Waals surface area contributed by atoms with Crippen molar-refractivity contribution >= 4 is 23.2 Å². The molecule has 3 rings (SSSR count). The van der Waals surface area contributed by atoms with Crippen LogP contribution in [0.25, 0.3) is 0 Å². The molecule has 0 aliphatic rings. The van der Waals surface area contributed by atoms with Gasteiger partial charge in [-0.3, -0.25) is 9.59 Å². The number of hydrogen-bond donors (Lipinski definition) is 0. The molecule has 0 aliphatic carbocycles. The Labute approximate surface area is 199 Å². The quantitative estimate of drug-likeness (QED) is 0.398. The molecule has 0 spiro atoms. The predicted molar refractivity (Wildman–Crippen MR) is 132 cm³/mol. The summed E-state index contributed by atoms with van der Waals surface area (Å²) in [5, 5.41) is 2.01. The number of amides is 2. The molecule has 1 aromatic heterocycles. The second-order valence-corrected chi connectivity index (χ2v) is 9.85. The molecule has 33 heavy (non-hydrogen) atoms. The van der Waals surface area contributed by atoms with Crippen molar-refractivity contribution in [3.63, 3.8) is 0 Å². The number of thiophene rings is 1. The maximum atomic E-state index is 13.5. The molecule has 6 heteroatoms. The first-order valence-corrected chi connectivity index (χ1v) is 12.0. The number of rotatable bonds is 9. The molecule has 0 aliphatic heterocycles. The van der Waals surface area contributed by atoms with Crippen LogP contribution in [0.4, 0.5) is 4.39 Å². The topological polar surface area (TPSA) is 40.6 Å². The number of nitrogens with zero attached hydrogens (tertiary/aromatic N) is 2. The summed E-state index contributed by atoms with van der Waals surface area (Å²) in [5.41, 5.74) is 3.63. The Kier molecular flexibility index (Phi) is 8.39. The predicted octanol–water partition coefficient (Wildman–Crippen LogP) is 5.83. The zero-order valence-electron chi connectivity index (χ0n) is 19.7. The highest BCUT2D eigenvalue weighted by Crippen LogP contribution is 2.20. The molecule has 174 valence electrons. The van der Waals surface area contributed by atoms with Gasteiger partial charge in [0.15, 0.2) is 0 Å². The van der Waals surface area contributed by atoms with Gasteiger partial charge in [-0.1, -0.05) is 43.7 Å². The summed E-state index contributed by atoms with van der Waals surface area (Å²) in [6.07, 6.45) is 0. The summed E-state index contributed by atoms with van der Waals surface area (Å²) < 4.78 is 13.4.